The number of hydrogen-bond acceptors (Lipinski definition) is 5. The molecule has 7 heteroatoms. The minimum atomic E-state index is -0.333. The van der Waals surface area contributed by atoms with Crippen molar-refractivity contribution in [2.24, 2.45) is 0 Å². The first-order valence-electron chi connectivity index (χ1n) is 9.30. The van der Waals surface area contributed by atoms with E-state index in [0.29, 0.717) is 43.0 Å². The first-order valence-corrected chi connectivity index (χ1v) is 10.3. The smallest absolute Gasteiger partial charge is 0.409 e. The molecule has 0 aliphatic carbocycles. The Bertz CT molecular complexity index is 755. The minimum absolute atomic E-state index is 0.190. The van der Waals surface area contributed by atoms with Crippen molar-refractivity contribution in [3.63, 3.8) is 0 Å². The molecule has 2 heterocycles. The van der Waals surface area contributed by atoms with Gasteiger partial charge in [0.1, 0.15) is 0 Å². The molecule has 0 spiro atoms. The lowest BCUT2D eigenvalue weighted by Gasteiger charge is -2.35. The molecule has 2 aliphatic rings. The molecule has 3 rings (SSSR count). The van der Waals surface area contributed by atoms with E-state index in [1.807, 2.05) is 37.3 Å². The summed E-state index contributed by atoms with van der Waals surface area (Å²) >= 11 is 1.42. The molecule has 0 saturated carbocycles. The summed E-state index contributed by atoms with van der Waals surface area (Å²) in [6.45, 7) is 5.05. The molecule has 3 amide bonds. The van der Waals surface area contributed by atoms with E-state index >= 15 is 0 Å². The van der Waals surface area contributed by atoms with Crippen LogP contribution in [0.25, 0.3) is 5.57 Å². The SMILES string of the molecule is CCOC(=O)N1CCC(N2C(=O)C(SCC)=C(c3ccccc3)C2=O)CC1. The number of rotatable bonds is 5. The molecule has 1 saturated heterocycles. The largest absolute Gasteiger partial charge is 0.450 e. The number of benzene rings is 1. The second-order valence-electron chi connectivity index (χ2n) is 6.40. The monoisotopic (exact) mass is 388 g/mol. The van der Waals surface area contributed by atoms with E-state index in [0.717, 1.165) is 11.3 Å². The average Bonchev–Trinajstić information content (AvgIpc) is 2.93. The third-order valence-electron chi connectivity index (χ3n) is 4.78. The molecule has 1 aromatic rings. The van der Waals surface area contributed by atoms with Crippen LogP contribution in [0.5, 0.6) is 0 Å². The lowest BCUT2D eigenvalue weighted by Crippen LogP contribution is -2.49. The van der Waals surface area contributed by atoms with Crippen LogP contribution in [-0.2, 0) is 14.3 Å². The Labute approximate surface area is 163 Å². The van der Waals surface area contributed by atoms with Crippen molar-refractivity contribution in [3.8, 4) is 0 Å². The molecule has 0 N–H and O–H groups in total. The van der Waals surface area contributed by atoms with Crippen LogP contribution in [-0.4, -0.2) is 59.2 Å². The third-order valence-corrected chi connectivity index (χ3v) is 5.74. The highest BCUT2D eigenvalue weighted by Crippen LogP contribution is 2.38. The fraction of sp³-hybridized carbons (Fsp3) is 0.450. The second-order valence-corrected chi connectivity index (χ2v) is 7.67. The predicted molar refractivity (Wildman–Crippen MR) is 105 cm³/mol. The lowest BCUT2D eigenvalue weighted by molar-refractivity contribution is -0.140. The van der Waals surface area contributed by atoms with E-state index in [1.54, 1.807) is 11.8 Å². The van der Waals surface area contributed by atoms with Gasteiger partial charge in [-0.15, -0.1) is 11.8 Å². The first-order chi connectivity index (χ1) is 13.1. The highest BCUT2D eigenvalue weighted by Gasteiger charge is 2.43. The van der Waals surface area contributed by atoms with E-state index < -0.39 is 0 Å². The number of piperidine rings is 1. The number of ether oxygens (including phenoxy) is 1. The van der Waals surface area contributed by atoms with E-state index in [4.69, 9.17) is 4.74 Å². The van der Waals surface area contributed by atoms with Gasteiger partial charge in [0, 0.05) is 19.1 Å². The summed E-state index contributed by atoms with van der Waals surface area (Å²) in [4.78, 5) is 41.6. The van der Waals surface area contributed by atoms with Gasteiger partial charge in [-0.25, -0.2) is 4.79 Å². The molecule has 1 fully saturated rings. The first kappa shape index (κ1) is 19.5. The summed E-state index contributed by atoms with van der Waals surface area (Å²) in [6.07, 6.45) is 0.811. The Balaban J connectivity index is 1.78. The second kappa shape index (κ2) is 8.61. The molecule has 144 valence electrons. The van der Waals surface area contributed by atoms with E-state index in [2.05, 4.69) is 0 Å². The van der Waals surface area contributed by atoms with Gasteiger partial charge in [0.25, 0.3) is 11.8 Å². The maximum atomic E-state index is 13.1. The summed E-state index contributed by atoms with van der Waals surface area (Å²) in [7, 11) is 0. The van der Waals surface area contributed by atoms with Gasteiger partial charge >= 0.3 is 6.09 Å². The van der Waals surface area contributed by atoms with Crippen LogP contribution in [0.1, 0.15) is 32.3 Å². The molecule has 6 nitrogen and oxygen atoms in total. The van der Waals surface area contributed by atoms with Gasteiger partial charge in [-0.2, -0.15) is 0 Å². The summed E-state index contributed by atoms with van der Waals surface area (Å²) in [6, 6.07) is 9.17. The van der Waals surface area contributed by atoms with Crippen LogP contribution < -0.4 is 0 Å². The summed E-state index contributed by atoms with van der Waals surface area (Å²) in [5.74, 6) is 0.289. The van der Waals surface area contributed by atoms with Crippen LogP contribution in [0, 0.1) is 0 Å². The van der Waals surface area contributed by atoms with Crippen molar-refractivity contribution in [2.45, 2.75) is 32.7 Å². The molecule has 0 radical (unpaired) electrons. The van der Waals surface area contributed by atoms with Crippen LogP contribution in [0.2, 0.25) is 0 Å². The van der Waals surface area contributed by atoms with Crippen molar-refractivity contribution in [2.75, 3.05) is 25.4 Å². The maximum Gasteiger partial charge on any atom is 0.409 e. The number of likely N-dealkylation sites (tertiary alicyclic amines) is 1. The van der Waals surface area contributed by atoms with Gasteiger partial charge in [0.15, 0.2) is 0 Å². The Morgan fingerprint density at radius 3 is 2.37 bits per heavy atom. The van der Waals surface area contributed by atoms with Gasteiger partial charge < -0.3 is 9.64 Å². The van der Waals surface area contributed by atoms with Crippen molar-refractivity contribution < 1.29 is 19.1 Å². The van der Waals surface area contributed by atoms with Crippen molar-refractivity contribution in [1.82, 2.24) is 9.80 Å². The number of hydrogen-bond donors (Lipinski definition) is 0. The lowest BCUT2D eigenvalue weighted by atomic mass is 10.0. The highest BCUT2D eigenvalue weighted by molar-refractivity contribution is 8.04. The Hall–Kier alpha value is -2.28. The molecule has 0 aromatic heterocycles. The number of imide groups is 1. The van der Waals surface area contributed by atoms with Crippen LogP contribution in [0.4, 0.5) is 4.79 Å². The van der Waals surface area contributed by atoms with Gasteiger partial charge in [-0.05, 0) is 31.1 Å². The molecular weight excluding hydrogens is 364 g/mol. The van der Waals surface area contributed by atoms with Gasteiger partial charge in [-0.3, -0.25) is 14.5 Å². The average molecular weight is 388 g/mol. The minimum Gasteiger partial charge on any atom is -0.450 e. The summed E-state index contributed by atoms with van der Waals surface area (Å²) in [5.41, 5.74) is 1.28. The topological polar surface area (TPSA) is 66.9 Å². The Morgan fingerprint density at radius 2 is 1.78 bits per heavy atom. The number of amides is 3. The van der Waals surface area contributed by atoms with Gasteiger partial charge in [0.2, 0.25) is 0 Å². The molecule has 0 unspecified atom stereocenters. The van der Waals surface area contributed by atoms with E-state index in [-0.39, 0.29) is 23.9 Å². The van der Waals surface area contributed by atoms with Crippen molar-refractivity contribution >= 4 is 35.2 Å². The van der Waals surface area contributed by atoms with Crippen molar-refractivity contribution in [1.29, 1.82) is 0 Å². The fourth-order valence-corrected chi connectivity index (χ4v) is 4.38. The predicted octanol–water partition coefficient (Wildman–Crippen LogP) is 3.14. The normalized spacial score (nSPS) is 18.4. The van der Waals surface area contributed by atoms with Crippen LogP contribution in [0.15, 0.2) is 35.2 Å². The van der Waals surface area contributed by atoms with Crippen LogP contribution >= 0.6 is 11.8 Å². The van der Waals surface area contributed by atoms with Crippen LogP contribution in [0.3, 0.4) is 0 Å². The van der Waals surface area contributed by atoms with Gasteiger partial charge in [0.05, 0.1) is 17.1 Å². The summed E-state index contributed by atoms with van der Waals surface area (Å²) < 4.78 is 5.04. The third kappa shape index (κ3) is 3.88. The number of carbonyl (C=O) groups is 3. The zero-order valence-electron chi connectivity index (χ0n) is 15.6. The Kier molecular flexibility index (Phi) is 6.21. The Morgan fingerprint density at radius 1 is 1.11 bits per heavy atom. The quantitative estimate of drug-likeness (QED) is 0.725. The highest BCUT2D eigenvalue weighted by atomic mass is 32.2. The maximum absolute atomic E-state index is 13.1. The number of carbonyl (C=O) groups excluding carboxylic acids is 3. The fourth-order valence-electron chi connectivity index (χ4n) is 3.52. The van der Waals surface area contributed by atoms with Gasteiger partial charge in [-0.1, -0.05) is 37.3 Å². The molecule has 0 atom stereocenters. The molecule has 27 heavy (non-hydrogen) atoms. The van der Waals surface area contributed by atoms with E-state index in [9.17, 15) is 14.4 Å². The zero-order chi connectivity index (χ0) is 19.4. The standard InChI is InChI=1S/C20H24N2O4S/c1-3-26-20(25)21-12-10-15(11-13-21)22-18(23)16(14-8-6-5-7-9-14)17(19(22)24)27-4-2/h5-9,15H,3-4,10-13H2,1-2H3. The molecule has 1 aromatic carbocycles. The molecular formula is C20H24N2O4S. The van der Waals surface area contributed by atoms with E-state index in [1.165, 1.54) is 16.7 Å². The van der Waals surface area contributed by atoms with Crippen molar-refractivity contribution in [3.05, 3.63) is 40.8 Å². The molecule has 2 aliphatic heterocycles. The molecule has 0 bridgehead atoms. The zero-order valence-corrected chi connectivity index (χ0v) is 16.5. The summed E-state index contributed by atoms with van der Waals surface area (Å²) in [5, 5.41) is 0. The number of thioether (sulfide) groups is 1. The number of nitrogens with zero attached hydrogens (tertiary/aromatic N) is 2.